The molecular weight excluding hydrogens is 190 g/mol. The summed E-state index contributed by atoms with van der Waals surface area (Å²) < 4.78 is 5.34. The molecule has 2 aliphatic heterocycles. The van der Waals surface area contributed by atoms with Crippen LogP contribution in [0.5, 0.6) is 0 Å². The van der Waals surface area contributed by atoms with Gasteiger partial charge in [-0.15, -0.1) is 0 Å². The first-order valence-corrected chi connectivity index (χ1v) is 5.32. The van der Waals surface area contributed by atoms with Gasteiger partial charge in [0.25, 0.3) is 0 Å². The monoisotopic (exact) mass is 203 g/mol. The lowest BCUT2D eigenvalue weighted by molar-refractivity contribution is -0.159. The molecule has 15 heavy (non-hydrogen) atoms. The zero-order valence-corrected chi connectivity index (χ0v) is 8.62. The van der Waals surface area contributed by atoms with Crippen LogP contribution in [0.15, 0.2) is 18.2 Å². The van der Waals surface area contributed by atoms with Crippen molar-refractivity contribution in [1.29, 1.82) is 0 Å². The van der Waals surface area contributed by atoms with Crippen LogP contribution in [0.2, 0.25) is 0 Å². The van der Waals surface area contributed by atoms with E-state index in [1.807, 2.05) is 19.2 Å². The summed E-state index contributed by atoms with van der Waals surface area (Å²) in [7, 11) is 1.89. The normalized spacial score (nSPS) is 27.1. The molecule has 0 saturated carbocycles. The van der Waals surface area contributed by atoms with Crippen LogP contribution in [-0.2, 0) is 9.53 Å². The number of benzene rings is 1. The third-order valence-corrected chi connectivity index (χ3v) is 3.36. The number of hydrogen-bond donors (Lipinski definition) is 1. The van der Waals surface area contributed by atoms with Crippen LogP contribution in [0, 0.1) is 0 Å². The van der Waals surface area contributed by atoms with Gasteiger partial charge in [0.1, 0.15) is 6.10 Å². The predicted octanol–water partition coefficient (Wildman–Crippen LogP) is 2.20. The number of nitrogens with one attached hydrogen (secondary N) is 1. The smallest absolute Gasteiger partial charge is 0.314 e. The number of rotatable bonds is 1. The molecule has 2 heterocycles. The number of anilines is 1. The highest BCUT2D eigenvalue weighted by Gasteiger charge is 2.41. The molecule has 3 aliphatic rings. The van der Waals surface area contributed by atoms with Crippen LogP contribution in [0.4, 0.5) is 5.69 Å². The van der Waals surface area contributed by atoms with E-state index in [0.29, 0.717) is 0 Å². The summed E-state index contributed by atoms with van der Waals surface area (Å²) in [6, 6.07) is 6.10. The predicted molar refractivity (Wildman–Crippen MR) is 56.8 cm³/mol. The molecule has 2 atom stereocenters. The number of ether oxygens (including phenoxy) is 1. The number of hydrogen-bond acceptors (Lipinski definition) is 3. The van der Waals surface area contributed by atoms with Crippen molar-refractivity contribution in [2.45, 2.75) is 24.9 Å². The van der Waals surface area contributed by atoms with Crippen molar-refractivity contribution in [2.24, 2.45) is 0 Å². The van der Waals surface area contributed by atoms with Crippen molar-refractivity contribution in [3.8, 4) is 0 Å². The molecule has 2 unspecified atom stereocenters. The van der Waals surface area contributed by atoms with E-state index >= 15 is 0 Å². The van der Waals surface area contributed by atoms with Gasteiger partial charge in [-0.1, -0.05) is 12.1 Å². The summed E-state index contributed by atoms with van der Waals surface area (Å²) in [4.78, 5) is 11.6. The third-order valence-electron chi connectivity index (χ3n) is 3.36. The Morgan fingerprint density at radius 1 is 1.40 bits per heavy atom. The molecule has 0 amide bonds. The average Bonchev–Trinajstić information content (AvgIpc) is 2.29. The number of esters is 1. The van der Waals surface area contributed by atoms with Crippen LogP contribution in [-0.4, -0.2) is 13.0 Å². The Hall–Kier alpha value is -1.51. The first-order chi connectivity index (χ1) is 7.31. The second-order valence-corrected chi connectivity index (χ2v) is 4.11. The molecule has 1 aromatic carbocycles. The Morgan fingerprint density at radius 3 is 3.00 bits per heavy atom. The Bertz CT molecular complexity index is 428. The molecule has 1 aliphatic carbocycles. The summed E-state index contributed by atoms with van der Waals surface area (Å²) in [5, 5.41) is 3.15. The van der Waals surface area contributed by atoms with Gasteiger partial charge >= 0.3 is 5.97 Å². The van der Waals surface area contributed by atoms with Gasteiger partial charge in [-0.05, 0) is 30.0 Å². The minimum Gasteiger partial charge on any atom is -0.457 e. The zero-order chi connectivity index (χ0) is 10.4. The number of carbonyl (C=O) groups excluding carboxylic acids is 1. The maximum atomic E-state index is 11.6. The van der Waals surface area contributed by atoms with E-state index in [2.05, 4.69) is 11.4 Å². The van der Waals surface area contributed by atoms with Crippen molar-refractivity contribution in [3.05, 3.63) is 29.3 Å². The lowest BCUT2D eigenvalue weighted by Crippen LogP contribution is -2.32. The van der Waals surface area contributed by atoms with E-state index in [4.69, 9.17) is 4.74 Å². The second-order valence-electron chi connectivity index (χ2n) is 4.11. The van der Waals surface area contributed by atoms with Gasteiger partial charge in [0.15, 0.2) is 0 Å². The molecule has 0 radical (unpaired) electrons. The van der Waals surface area contributed by atoms with Gasteiger partial charge in [0.05, 0.1) is 5.92 Å². The van der Waals surface area contributed by atoms with Gasteiger partial charge in [0, 0.05) is 12.7 Å². The van der Waals surface area contributed by atoms with E-state index in [1.165, 1.54) is 5.56 Å². The molecular formula is C12H13NO2. The number of carbonyl (C=O) groups is 1. The van der Waals surface area contributed by atoms with Crippen molar-refractivity contribution in [1.82, 2.24) is 0 Å². The van der Waals surface area contributed by atoms with Crippen molar-refractivity contribution in [2.75, 3.05) is 12.4 Å². The zero-order valence-electron chi connectivity index (χ0n) is 8.62. The maximum absolute atomic E-state index is 11.6. The quantitative estimate of drug-likeness (QED) is 0.711. The molecule has 3 heteroatoms. The van der Waals surface area contributed by atoms with E-state index < -0.39 is 0 Å². The highest BCUT2D eigenvalue weighted by Crippen LogP contribution is 2.48. The van der Waals surface area contributed by atoms with Crippen LogP contribution < -0.4 is 5.32 Å². The Kier molecular flexibility index (Phi) is 1.75. The number of fused-ring (bicyclic) bond motifs is 2. The van der Waals surface area contributed by atoms with Gasteiger partial charge in [0.2, 0.25) is 0 Å². The average molecular weight is 203 g/mol. The summed E-state index contributed by atoms with van der Waals surface area (Å²) in [5.74, 6) is -0.102. The fourth-order valence-corrected chi connectivity index (χ4v) is 2.67. The van der Waals surface area contributed by atoms with Gasteiger partial charge in [-0.25, -0.2) is 0 Å². The summed E-state index contributed by atoms with van der Waals surface area (Å²) in [6.07, 6.45) is 1.89. The lowest BCUT2D eigenvalue weighted by atomic mass is 9.77. The fourth-order valence-electron chi connectivity index (χ4n) is 2.67. The van der Waals surface area contributed by atoms with Crippen molar-refractivity contribution < 1.29 is 9.53 Å². The summed E-state index contributed by atoms with van der Waals surface area (Å²) >= 11 is 0. The van der Waals surface area contributed by atoms with Crippen LogP contribution in [0.3, 0.4) is 0 Å². The van der Waals surface area contributed by atoms with E-state index in [0.717, 1.165) is 24.1 Å². The van der Waals surface area contributed by atoms with Crippen LogP contribution in [0.1, 0.15) is 36.0 Å². The Labute approximate surface area is 88.4 Å². The Balaban J connectivity index is 2.22. The summed E-state index contributed by atoms with van der Waals surface area (Å²) in [5.41, 5.74) is 3.42. The SMILES string of the molecule is CNc1cccc2c1C1CCC2OC1=O. The first-order valence-electron chi connectivity index (χ1n) is 5.32. The topological polar surface area (TPSA) is 38.3 Å². The minimum atomic E-state index is -0.0542. The van der Waals surface area contributed by atoms with Crippen LogP contribution >= 0.6 is 0 Å². The standard InChI is InChI=1S/C12H13NO2/c1-13-9-4-2-3-7-10-6-5-8(11(7)9)12(14)15-10/h2-4,8,10,13H,5-6H2,1H3. The maximum Gasteiger partial charge on any atom is 0.314 e. The third kappa shape index (κ3) is 1.09. The molecule has 0 spiro atoms. The molecule has 3 nitrogen and oxygen atoms in total. The summed E-state index contributed by atoms with van der Waals surface area (Å²) in [6.45, 7) is 0. The second kappa shape index (κ2) is 2.99. The minimum absolute atomic E-state index is 0.00852. The van der Waals surface area contributed by atoms with Crippen molar-refractivity contribution >= 4 is 11.7 Å². The highest BCUT2D eigenvalue weighted by molar-refractivity contribution is 5.84. The van der Waals surface area contributed by atoms with Crippen molar-refractivity contribution in [3.63, 3.8) is 0 Å². The molecule has 0 aromatic heterocycles. The molecule has 1 aromatic rings. The molecule has 4 rings (SSSR count). The van der Waals surface area contributed by atoms with E-state index in [-0.39, 0.29) is 18.0 Å². The van der Waals surface area contributed by atoms with E-state index in [9.17, 15) is 4.79 Å². The molecule has 78 valence electrons. The Morgan fingerprint density at radius 2 is 2.27 bits per heavy atom. The lowest BCUT2D eigenvalue weighted by Gasteiger charge is -2.37. The largest absolute Gasteiger partial charge is 0.457 e. The van der Waals surface area contributed by atoms with E-state index in [1.54, 1.807) is 0 Å². The van der Waals surface area contributed by atoms with Crippen LogP contribution in [0.25, 0.3) is 0 Å². The molecule has 1 fully saturated rings. The van der Waals surface area contributed by atoms with Gasteiger partial charge in [-0.3, -0.25) is 4.79 Å². The van der Waals surface area contributed by atoms with Gasteiger partial charge < -0.3 is 10.1 Å². The molecule has 2 bridgehead atoms. The fraction of sp³-hybridized carbons (Fsp3) is 0.417. The molecule has 1 N–H and O–H groups in total. The molecule has 1 saturated heterocycles. The highest BCUT2D eigenvalue weighted by atomic mass is 16.5. The van der Waals surface area contributed by atoms with Gasteiger partial charge in [-0.2, -0.15) is 0 Å². The first kappa shape index (κ1) is 8.77.